The van der Waals surface area contributed by atoms with Crippen molar-refractivity contribution in [3.8, 4) is 0 Å². The van der Waals surface area contributed by atoms with E-state index >= 15 is 0 Å². The average molecular weight is 296 g/mol. The Bertz CT molecular complexity index is 367. The van der Waals surface area contributed by atoms with Gasteiger partial charge in [-0.1, -0.05) is 32.0 Å². The van der Waals surface area contributed by atoms with Crippen LogP contribution in [0.5, 0.6) is 0 Å². The molecule has 0 amide bonds. The normalized spacial score (nSPS) is 11.8. The molecule has 0 radical (unpaired) electrons. The van der Waals surface area contributed by atoms with Gasteiger partial charge >= 0.3 is 8.80 Å². The van der Waals surface area contributed by atoms with Crippen LogP contribution in [-0.2, 0) is 26.1 Å². The predicted octanol–water partition coefficient (Wildman–Crippen LogP) is 3.07. The zero-order chi connectivity index (χ0) is 15.0. The summed E-state index contributed by atoms with van der Waals surface area (Å²) in [6.45, 7) is 12.1. The van der Waals surface area contributed by atoms with Crippen LogP contribution in [0.2, 0.25) is 0 Å². The van der Waals surface area contributed by atoms with Crippen molar-refractivity contribution in [2.75, 3.05) is 19.8 Å². The van der Waals surface area contributed by atoms with Crippen LogP contribution in [0, 0.1) is 0 Å². The van der Waals surface area contributed by atoms with Crippen LogP contribution >= 0.6 is 0 Å². The third-order valence-electron chi connectivity index (χ3n) is 3.23. The first-order valence-corrected chi connectivity index (χ1v) is 9.43. The molecule has 0 fully saturated rings. The van der Waals surface area contributed by atoms with E-state index in [-0.39, 0.29) is 0 Å². The molecule has 0 saturated heterocycles. The van der Waals surface area contributed by atoms with Gasteiger partial charge in [-0.15, -0.1) is 0 Å². The number of aryl methyl sites for hydroxylation is 2. The van der Waals surface area contributed by atoms with Crippen molar-refractivity contribution in [3.63, 3.8) is 0 Å². The minimum atomic E-state index is -2.77. The largest absolute Gasteiger partial charge is 0.537 e. The zero-order valence-corrected chi connectivity index (χ0v) is 14.5. The predicted molar refractivity (Wildman–Crippen MR) is 85.5 cm³/mol. The van der Waals surface area contributed by atoms with Gasteiger partial charge in [-0.2, -0.15) is 0 Å². The lowest BCUT2D eigenvalue weighted by atomic mass is 10.1. The molecule has 0 bridgehead atoms. The Balaban J connectivity index is 3.29. The Morgan fingerprint density at radius 1 is 0.700 bits per heavy atom. The lowest BCUT2D eigenvalue weighted by Crippen LogP contribution is -2.57. The molecule has 0 saturated carbocycles. The van der Waals surface area contributed by atoms with E-state index in [4.69, 9.17) is 13.3 Å². The van der Waals surface area contributed by atoms with Crippen molar-refractivity contribution >= 4 is 14.0 Å². The summed E-state index contributed by atoms with van der Waals surface area (Å²) >= 11 is 0. The lowest BCUT2D eigenvalue weighted by Gasteiger charge is -2.29. The molecule has 1 rings (SSSR count). The number of benzene rings is 1. The molecular formula is C16H28O3Si. The number of hydrogen-bond donors (Lipinski definition) is 0. The second-order valence-electron chi connectivity index (χ2n) is 4.60. The van der Waals surface area contributed by atoms with Gasteiger partial charge in [0.1, 0.15) is 0 Å². The van der Waals surface area contributed by atoms with E-state index in [0.29, 0.717) is 19.8 Å². The summed E-state index contributed by atoms with van der Waals surface area (Å²) < 4.78 is 18.0. The van der Waals surface area contributed by atoms with E-state index in [9.17, 15) is 0 Å². The molecule has 0 aliphatic heterocycles. The topological polar surface area (TPSA) is 27.7 Å². The van der Waals surface area contributed by atoms with Gasteiger partial charge in [-0.05, 0) is 44.7 Å². The highest BCUT2D eigenvalue weighted by Crippen LogP contribution is 2.15. The molecule has 0 aliphatic carbocycles. The van der Waals surface area contributed by atoms with E-state index in [1.807, 2.05) is 20.8 Å². The third kappa shape index (κ3) is 4.15. The Morgan fingerprint density at radius 2 is 1.10 bits per heavy atom. The number of rotatable bonds is 9. The van der Waals surface area contributed by atoms with Gasteiger partial charge in [0.15, 0.2) is 0 Å². The van der Waals surface area contributed by atoms with Crippen molar-refractivity contribution < 1.29 is 13.3 Å². The standard InChI is InChI=1S/C16H28O3Si/c1-6-14-11-15(7-2)13-16(12-14)20(17-8-3,18-9-4)19-10-5/h11-13H,6-10H2,1-5H3. The quantitative estimate of drug-likeness (QED) is 0.656. The molecule has 3 nitrogen and oxygen atoms in total. The highest BCUT2D eigenvalue weighted by atomic mass is 28.4. The summed E-state index contributed by atoms with van der Waals surface area (Å²) in [5.74, 6) is 0. The monoisotopic (exact) mass is 296 g/mol. The molecule has 0 spiro atoms. The smallest absolute Gasteiger partial charge is 0.370 e. The maximum absolute atomic E-state index is 5.99. The molecule has 1 aromatic rings. The summed E-state index contributed by atoms with van der Waals surface area (Å²) in [7, 11) is -2.77. The Morgan fingerprint density at radius 3 is 1.40 bits per heavy atom. The zero-order valence-electron chi connectivity index (χ0n) is 13.5. The summed E-state index contributed by atoms with van der Waals surface area (Å²) in [6.07, 6.45) is 2.02. The second kappa shape index (κ2) is 8.57. The fraction of sp³-hybridized carbons (Fsp3) is 0.625. The van der Waals surface area contributed by atoms with Crippen molar-refractivity contribution in [2.24, 2.45) is 0 Å². The molecule has 0 aliphatic rings. The molecule has 0 N–H and O–H groups in total. The first kappa shape index (κ1) is 17.4. The molecule has 0 atom stereocenters. The van der Waals surface area contributed by atoms with Gasteiger partial charge in [0.25, 0.3) is 0 Å². The first-order valence-electron chi connectivity index (χ1n) is 7.70. The van der Waals surface area contributed by atoms with Gasteiger partial charge in [0.2, 0.25) is 0 Å². The van der Waals surface area contributed by atoms with Crippen LogP contribution in [0.4, 0.5) is 0 Å². The molecule has 0 heterocycles. The van der Waals surface area contributed by atoms with Gasteiger partial charge in [-0.25, -0.2) is 0 Å². The van der Waals surface area contributed by atoms with Gasteiger partial charge in [-0.3, -0.25) is 0 Å². The highest BCUT2D eigenvalue weighted by Gasteiger charge is 2.43. The Kier molecular flexibility index (Phi) is 7.44. The maximum Gasteiger partial charge on any atom is 0.537 e. The van der Waals surface area contributed by atoms with Gasteiger partial charge < -0.3 is 13.3 Å². The Hall–Kier alpha value is -0.683. The molecule has 20 heavy (non-hydrogen) atoms. The van der Waals surface area contributed by atoms with Gasteiger partial charge in [0, 0.05) is 25.0 Å². The van der Waals surface area contributed by atoms with Crippen LogP contribution in [0.3, 0.4) is 0 Å². The first-order chi connectivity index (χ1) is 9.65. The van der Waals surface area contributed by atoms with Crippen LogP contribution in [0.15, 0.2) is 18.2 Å². The summed E-state index contributed by atoms with van der Waals surface area (Å²) in [5.41, 5.74) is 2.63. The lowest BCUT2D eigenvalue weighted by molar-refractivity contribution is 0.0859. The van der Waals surface area contributed by atoms with E-state index in [1.54, 1.807) is 0 Å². The highest BCUT2D eigenvalue weighted by molar-refractivity contribution is 6.75. The fourth-order valence-electron chi connectivity index (χ4n) is 2.29. The molecular weight excluding hydrogens is 268 g/mol. The van der Waals surface area contributed by atoms with Crippen molar-refractivity contribution in [1.82, 2.24) is 0 Å². The SMILES string of the molecule is CCO[Si](OCC)(OCC)c1cc(CC)cc(CC)c1. The molecule has 4 heteroatoms. The van der Waals surface area contributed by atoms with E-state index in [2.05, 4.69) is 32.0 Å². The molecule has 0 aromatic heterocycles. The summed E-state index contributed by atoms with van der Waals surface area (Å²) in [6, 6.07) is 6.63. The van der Waals surface area contributed by atoms with Crippen LogP contribution in [0.1, 0.15) is 45.7 Å². The minimum Gasteiger partial charge on any atom is -0.370 e. The van der Waals surface area contributed by atoms with Gasteiger partial charge in [0.05, 0.1) is 0 Å². The maximum atomic E-state index is 5.99. The van der Waals surface area contributed by atoms with E-state index in [1.165, 1.54) is 11.1 Å². The Labute approximate surface area is 124 Å². The van der Waals surface area contributed by atoms with Crippen molar-refractivity contribution in [2.45, 2.75) is 47.5 Å². The van der Waals surface area contributed by atoms with E-state index < -0.39 is 8.80 Å². The summed E-state index contributed by atoms with van der Waals surface area (Å²) in [4.78, 5) is 0. The number of hydrogen-bond acceptors (Lipinski definition) is 3. The van der Waals surface area contributed by atoms with Crippen LogP contribution in [0.25, 0.3) is 0 Å². The third-order valence-corrected chi connectivity index (χ3v) is 6.23. The average Bonchev–Trinajstić information content (AvgIpc) is 2.47. The molecule has 0 unspecified atom stereocenters. The van der Waals surface area contributed by atoms with Crippen molar-refractivity contribution in [3.05, 3.63) is 29.3 Å². The summed E-state index contributed by atoms with van der Waals surface area (Å²) in [5, 5.41) is 1.10. The van der Waals surface area contributed by atoms with Crippen LogP contribution in [-0.4, -0.2) is 28.6 Å². The van der Waals surface area contributed by atoms with Crippen LogP contribution < -0.4 is 5.19 Å². The van der Waals surface area contributed by atoms with Crippen molar-refractivity contribution in [1.29, 1.82) is 0 Å². The second-order valence-corrected chi connectivity index (χ2v) is 7.16. The van der Waals surface area contributed by atoms with E-state index in [0.717, 1.165) is 18.0 Å². The fourth-order valence-corrected chi connectivity index (χ4v) is 4.91. The molecule has 114 valence electrons. The minimum absolute atomic E-state index is 0.601. The molecule has 1 aromatic carbocycles.